The minimum atomic E-state index is -3.24. The third kappa shape index (κ3) is 4.79. The van der Waals surface area contributed by atoms with E-state index in [2.05, 4.69) is 10.4 Å². The minimum absolute atomic E-state index is 0.0907. The second kappa shape index (κ2) is 8.78. The molecular weight excluding hydrogens is 434 g/mol. The average molecular weight is 458 g/mol. The zero-order valence-corrected chi connectivity index (χ0v) is 18.8. The molecule has 0 spiro atoms. The van der Waals surface area contributed by atoms with Crippen molar-refractivity contribution >= 4 is 32.8 Å². The Bertz CT molecular complexity index is 1170. The molecule has 1 aliphatic rings. The predicted molar refractivity (Wildman–Crippen MR) is 120 cm³/mol. The van der Waals surface area contributed by atoms with E-state index in [1.54, 1.807) is 41.9 Å². The normalized spacial score (nSPS) is 17.5. The molecule has 2 aromatic heterocycles. The molecule has 2 atom stereocenters. The number of hydrogen-bond acceptors (Lipinski definition) is 7. The first-order chi connectivity index (χ1) is 14.8. The smallest absolute Gasteiger partial charge is 0.257 e. The molecular formula is C22H23N3O4S2. The van der Waals surface area contributed by atoms with Crippen molar-refractivity contribution in [3.63, 3.8) is 0 Å². The number of thiophene rings is 1. The summed E-state index contributed by atoms with van der Waals surface area (Å²) < 4.78 is 28.8. The van der Waals surface area contributed by atoms with Crippen LogP contribution in [0.2, 0.25) is 0 Å². The van der Waals surface area contributed by atoms with Crippen LogP contribution in [0.4, 0.5) is 0 Å². The second-order valence-corrected chi connectivity index (χ2v) is 10.4. The Balaban J connectivity index is 1.45. The van der Waals surface area contributed by atoms with Crippen LogP contribution in [0.25, 0.3) is 0 Å². The molecule has 31 heavy (non-hydrogen) atoms. The van der Waals surface area contributed by atoms with E-state index < -0.39 is 9.84 Å². The SMILES string of the molecule is CC(NCC(=O)N1N=C(c2cccs2)CC1c1ccco1)c1ccc(S(C)(=O)=O)cc1. The van der Waals surface area contributed by atoms with Crippen LogP contribution in [-0.4, -0.2) is 37.8 Å². The molecule has 162 valence electrons. The van der Waals surface area contributed by atoms with E-state index in [1.807, 2.05) is 36.6 Å². The molecule has 0 saturated carbocycles. The Morgan fingerprint density at radius 2 is 2.03 bits per heavy atom. The van der Waals surface area contributed by atoms with E-state index >= 15 is 0 Å². The van der Waals surface area contributed by atoms with Crippen LogP contribution in [0, 0.1) is 0 Å². The number of furan rings is 1. The lowest BCUT2D eigenvalue weighted by Gasteiger charge is -2.21. The number of carbonyl (C=O) groups excluding carboxylic acids is 1. The Labute approximate surface area is 185 Å². The first kappa shape index (κ1) is 21.5. The van der Waals surface area contributed by atoms with Crippen LogP contribution in [-0.2, 0) is 14.6 Å². The summed E-state index contributed by atoms with van der Waals surface area (Å²) in [5.74, 6) is 0.542. The van der Waals surface area contributed by atoms with E-state index in [0.29, 0.717) is 12.2 Å². The van der Waals surface area contributed by atoms with Crippen molar-refractivity contribution in [2.24, 2.45) is 5.10 Å². The maximum Gasteiger partial charge on any atom is 0.257 e. The largest absolute Gasteiger partial charge is 0.467 e. The fourth-order valence-electron chi connectivity index (χ4n) is 3.48. The van der Waals surface area contributed by atoms with Gasteiger partial charge in [-0.2, -0.15) is 5.10 Å². The highest BCUT2D eigenvalue weighted by Crippen LogP contribution is 2.34. The van der Waals surface area contributed by atoms with Crippen LogP contribution in [0.1, 0.15) is 41.6 Å². The van der Waals surface area contributed by atoms with E-state index in [0.717, 1.165) is 16.2 Å². The average Bonchev–Trinajstić information content (AvgIpc) is 3.51. The number of amides is 1. The lowest BCUT2D eigenvalue weighted by Crippen LogP contribution is -2.36. The molecule has 3 heterocycles. The topological polar surface area (TPSA) is 92.0 Å². The van der Waals surface area contributed by atoms with Crippen LogP contribution in [0.3, 0.4) is 0 Å². The first-order valence-electron chi connectivity index (χ1n) is 9.83. The number of sulfone groups is 1. The summed E-state index contributed by atoms with van der Waals surface area (Å²) >= 11 is 1.59. The third-order valence-corrected chi connectivity index (χ3v) is 7.26. The van der Waals surface area contributed by atoms with E-state index in [9.17, 15) is 13.2 Å². The number of carbonyl (C=O) groups is 1. The van der Waals surface area contributed by atoms with Crippen molar-refractivity contribution in [2.75, 3.05) is 12.8 Å². The van der Waals surface area contributed by atoms with Gasteiger partial charge in [-0.05, 0) is 48.2 Å². The Hall–Kier alpha value is -2.75. The van der Waals surface area contributed by atoms with Crippen LogP contribution < -0.4 is 5.32 Å². The highest BCUT2D eigenvalue weighted by atomic mass is 32.2. The summed E-state index contributed by atoms with van der Waals surface area (Å²) in [6, 6.07) is 13.9. The fraction of sp³-hybridized carbons (Fsp3) is 0.273. The molecule has 0 aliphatic carbocycles. The molecule has 1 N–H and O–H groups in total. The maximum absolute atomic E-state index is 13.0. The van der Waals surface area contributed by atoms with E-state index in [4.69, 9.17) is 4.42 Å². The molecule has 4 rings (SSSR count). The molecule has 9 heteroatoms. The summed E-state index contributed by atoms with van der Waals surface area (Å²) in [6.07, 6.45) is 3.38. The Morgan fingerprint density at radius 3 is 2.65 bits per heavy atom. The highest BCUT2D eigenvalue weighted by molar-refractivity contribution is 7.90. The van der Waals surface area contributed by atoms with Crippen molar-refractivity contribution in [2.45, 2.75) is 30.3 Å². The summed E-state index contributed by atoms with van der Waals surface area (Å²) in [5, 5.41) is 11.3. The number of rotatable bonds is 7. The van der Waals surface area contributed by atoms with E-state index in [-0.39, 0.29) is 29.4 Å². The summed E-state index contributed by atoms with van der Waals surface area (Å²) in [7, 11) is -3.24. The zero-order valence-electron chi connectivity index (χ0n) is 17.2. The van der Waals surface area contributed by atoms with Crippen LogP contribution >= 0.6 is 11.3 Å². The zero-order chi connectivity index (χ0) is 22.0. The minimum Gasteiger partial charge on any atom is -0.467 e. The molecule has 0 radical (unpaired) electrons. The molecule has 7 nitrogen and oxygen atoms in total. The van der Waals surface area contributed by atoms with Gasteiger partial charge in [0.2, 0.25) is 0 Å². The number of hydrazone groups is 1. The van der Waals surface area contributed by atoms with Gasteiger partial charge < -0.3 is 9.73 Å². The van der Waals surface area contributed by atoms with Crippen molar-refractivity contribution in [1.82, 2.24) is 10.3 Å². The van der Waals surface area contributed by atoms with E-state index in [1.165, 1.54) is 11.3 Å². The molecule has 0 bridgehead atoms. The number of benzene rings is 1. The molecule has 2 unspecified atom stereocenters. The Morgan fingerprint density at radius 1 is 1.26 bits per heavy atom. The first-order valence-corrected chi connectivity index (χ1v) is 12.6. The van der Waals surface area contributed by atoms with Crippen molar-refractivity contribution in [3.8, 4) is 0 Å². The quantitative estimate of drug-likeness (QED) is 0.583. The predicted octanol–water partition coefficient (Wildman–Crippen LogP) is 3.77. The highest BCUT2D eigenvalue weighted by Gasteiger charge is 2.35. The molecule has 0 saturated heterocycles. The lowest BCUT2D eigenvalue weighted by molar-refractivity contribution is -0.132. The summed E-state index contributed by atoms with van der Waals surface area (Å²) in [5.41, 5.74) is 1.76. The van der Waals surface area contributed by atoms with Crippen LogP contribution in [0.5, 0.6) is 0 Å². The number of nitrogens with one attached hydrogen (secondary N) is 1. The molecule has 1 aliphatic heterocycles. The lowest BCUT2D eigenvalue weighted by atomic mass is 10.1. The number of hydrogen-bond donors (Lipinski definition) is 1. The Kier molecular flexibility index (Phi) is 6.08. The fourth-order valence-corrected chi connectivity index (χ4v) is 4.83. The molecule has 1 aromatic carbocycles. The van der Waals surface area contributed by atoms with Gasteiger partial charge in [0.15, 0.2) is 9.84 Å². The van der Waals surface area contributed by atoms with Gasteiger partial charge in [0.05, 0.1) is 28.3 Å². The van der Waals surface area contributed by atoms with Crippen molar-refractivity contribution in [3.05, 3.63) is 76.4 Å². The van der Waals surface area contributed by atoms with Gasteiger partial charge in [-0.1, -0.05) is 18.2 Å². The van der Waals surface area contributed by atoms with Gasteiger partial charge in [0.1, 0.15) is 11.8 Å². The summed E-state index contributed by atoms with van der Waals surface area (Å²) in [4.78, 5) is 14.3. The molecule has 1 amide bonds. The van der Waals surface area contributed by atoms with Gasteiger partial charge in [-0.15, -0.1) is 11.3 Å². The molecule has 3 aromatic rings. The van der Waals surface area contributed by atoms with Gasteiger partial charge >= 0.3 is 0 Å². The van der Waals surface area contributed by atoms with Crippen molar-refractivity contribution in [1.29, 1.82) is 0 Å². The standard InChI is InChI=1S/C22H23N3O4S2/c1-15(16-7-9-17(10-8-16)31(2,27)28)23-14-22(26)25-19(20-5-3-11-29-20)13-18(24-25)21-6-4-12-30-21/h3-12,15,19,23H,13-14H2,1-2H3. The van der Waals surface area contributed by atoms with Gasteiger partial charge in [0, 0.05) is 18.7 Å². The number of nitrogens with zero attached hydrogens (tertiary/aromatic N) is 2. The van der Waals surface area contributed by atoms with Gasteiger partial charge in [0.25, 0.3) is 5.91 Å². The monoisotopic (exact) mass is 457 g/mol. The maximum atomic E-state index is 13.0. The van der Waals surface area contributed by atoms with Gasteiger partial charge in [-0.25, -0.2) is 13.4 Å². The van der Waals surface area contributed by atoms with Gasteiger partial charge in [-0.3, -0.25) is 4.79 Å². The van der Waals surface area contributed by atoms with Crippen molar-refractivity contribution < 1.29 is 17.6 Å². The van der Waals surface area contributed by atoms with Crippen LogP contribution in [0.15, 0.2) is 74.6 Å². The summed E-state index contributed by atoms with van der Waals surface area (Å²) in [6.45, 7) is 2.02. The molecule has 0 fully saturated rings. The second-order valence-electron chi connectivity index (χ2n) is 7.44. The third-order valence-electron chi connectivity index (χ3n) is 5.21.